The van der Waals surface area contributed by atoms with Crippen molar-refractivity contribution in [2.75, 3.05) is 11.9 Å². The molecule has 1 rings (SSSR count). The average Bonchev–Trinajstić information content (AvgIpc) is 2.34. The number of terminal acetylenes is 1. The van der Waals surface area contributed by atoms with Crippen LogP contribution in [0.25, 0.3) is 0 Å². The molecule has 0 spiro atoms. The highest BCUT2D eigenvalue weighted by molar-refractivity contribution is 5.99. The first kappa shape index (κ1) is 14.1. The molecule has 0 aliphatic heterocycles. The number of hydrogen-bond acceptors (Lipinski definition) is 2. The van der Waals surface area contributed by atoms with E-state index in [0.717, 1.165) is 12.1 Å². The third-order valence-corrected chi connectivity index (χ3v) is 2.40. The van der Waals surface area contributed by atoms with E-state index >= 15 is 0 Å². The number of carbonyl (C=O) groups excluding carboxylic acids is 1. The summed E-state index contributed by atoms with van der Waals surface area (Å²) in [7, 11) is 0. The monoisotopic (exact) mass is 244 g/mol. The Hall–Kier alpha value is -1.95. The highest BCUT2D eigenvalue weighted by Gasteiger charge is 2.10. The zero-order valence-corrected chi connectivity index (χ0v) is 11.0. The van der Waals surface area contributed by atoms with Crippen molar-refractivity contribution in [3.8, 4) is 12.3 Å². The normalized spacial score (nSPS) is 9.89. The van der Waals surface area contributed by atoms with E-state index in [4.69, 9.17) is 6.42 Å². The van der Waals surface area contributed by atoms with Gasteiger partial charge in [-0.15, -0.1) is 12.3 Å². The summed E-state index contributed by atoms with van der Waals surface area (Å²) < 4.78 is 0. The number of anilines is 1. The van der Waals surface area contributed by atoms with Crippen LogP contribution in [0.2, 0.25) is 0 Å². The highest BCUT2D eigenvalue weighted by atomic mass is 16.1. The van der Waals surface area contributed by atoms with E-state index in [0.29, 0.717) is 24.6 Å². The quantitative estimate of drug-likeness (QED) is 0.596. The second-order valence-corrected chi connectivity index (χ2v) is 4.41. The van der Waals surface area contributed by atoms with Crippen molar-refractivity contribution in [2.24, 2.45) is 0 Å². The van der Waals surface area contributed by atoms with Crippen LogP contribution in [0.1, 0.15) is 37.0 Å². The van der Waals surface area contributed by atoms with Gasteiger partial charge < -0.3 is 10.6 Å². The first-order valence-corrected chi connectivity index (χ1v) is 6.22. The smallest absolute Gasteiger partial charge is 0.253 e. The fraction of sp³-hybridized carbons (Fsp3) is 0.400. The molecule has 3 heteroatoms. The van der Waals surface area contributed by atoms with Crippen LogP contribution < -0.4 is 10.6 Å². The molecule has 1 aromatic carbocycles. The highest BCUT2D eigenvalue weighted by Crippen LogP contribution is 2.15. The number of hydrogen-bond donors (Lipinski definition) is 2. The number of nitrogens with one attached hydrogen (secondary N) is 2. The van der Waals surface area contributed by atoms with Crippen molar-refractivity contribution in [1.82, 2.24) is 5.32 Å². The number of rotatable bonds is 6. The maximum absolute atomic E-state index is 12.0. The summed E-state index contributed by atoms with van der Waals surface area (Å²) in [5.74, 6) is 2.50. The Labute approximate surface area is 109 Å². The summed E-state index contributed by atoms with van der Waals surface area (Å²) in [5, 5.41) is 6.14. The number of unbranched alkanes of at least 4 members (excludes halogenated alkanes) is 1. The maximum Gasteiger partial charge on any atom is 0.253 e. The molecule has 0 aliphatic carbocycles. The van der Waals surface area contributed by atoms with Gasteiger partial charge in [-0.2, -0.15) is 0 Å². The average molecular weight is 244 g/mol. The van der Waals surface area contributed by atoms with Crippen molar-refractivity contribution < 1.29 is 4.79 Å². The summed E-state index contributed by atoms with van der Waals surface area (Å²) >= 11 is 0. The van der Waals surface area contributed by atoms with Gasteiger partial charge in [0.15, 0.2) is 0 Å². The van der Waals surface area contributed by atoms with E-state index < -0.39 is 0 Å². The second kappa shape index (κ2) is 7.39. The SMILES string of the molecule is C#CCCCNC(=O)c1ccccc1NC(C)C. The molecule has 0 aromatic heterocycles. The lowest BCUT2D eigenvalue weighted by Crippen LogP contribution is -2.26. The van der Waals surface area contributed by atoms with Crippen LogP contribution in [-0.4, -0.2) is 18.5 Å². The second-order valence-electron chi connectivity index (χ2n) is 4.41. The summed E-state index contributed by atoms with van der Waals surface area (Å²) in [5.41, 5.74) is 1.54. The summed E-state index contributed by atoms with van der Waals surface area (Å²) in [6.45, 7) is 4.70. The van der Waals surface area contributed by atoms with Gasteiger partial charge in [-0.1, -0.05) is 12.1 Å². The van der Waals surface area contributed by atoms with E-state index in [1.165, 1.54) is 0 Å². The zero-order valence-electron chi connectivity index (χ0n) is 11.0. The molecule has 18 heavy (non-hydrogen) atoms. The van der Waals surface area contributed by atoms with Gasteiger partial charge >= 0.3 is 0 Å². The van der Waals surface area contributed by atoms with E-state index in [9.17, 15) is 4.79 Å². The van der Waals surface area contributed by atoms with Crippen molar-refractivity contribution in [1.29, 1.82) is 0 Å². The van der Waals surface area contributed by atoms with Crippen LogP contribution in [0.4, 0.5) is 5.69 Å². The van der Waals surface area contributed by atoms with Crippen LogP contribution in [0.3, 0.4) is 0 Å². The molecule has 0 atom stereocenters. The Morgan fingerprint density at radius 2 is 2.11 bits per heavy atom. The Kier molecular flexibility index (Phi) is 5.79. The lowest BCUT2D eigenvalue weighted by molar-refractivity contribution is 0.0954. The first-order chi connectivity index (χ1) is 8.65. The molecule has 0 saturated carbocycles. The topological polar surface area (TPSA) is 41.1 Å². The van der Waals surface area contributed by atoms with Gasteiger partial charge in [0.25, 0.3) is 5.91 Å². The molecule has 0 unspecified atom stereocenters. The standard InChI is InChI=1S/C15H20N2O/c1-4-5-8-11-16-15(18)13-9-6-7-10-14(13)17-12(2)3/h1,6-7,9-10,12,17H,5,8,11H2,2-3H3,(H,16,18). The first-order valence-electron chi connectivity index (χ1n) is 6.22. The van der Waals surface area contributed by atoms with E-state index in [-0.39, 0.29) is 5.91 Å². The predicted octanol–water partition coefficient (Wildman–Crippen LogP) is 2.65. The Bertz CT molecular complexity index is 432. The van der Waals surface area contributed by atoms with Gasteiger partial charge in [0, 0.05) is 24.7 Å². The zero-order chi connectivity index (χ0) is 13.4. The minimum atomic E-state index is -0.0595. The molecule has 0 aliphatic rings. The fourth-order valence-corrected chi connectivity index (χ4v) is 1.61. The van der Waals surface area contributed by atoms with Crippen molar-refractivity contribution in [3.63, 3.8) is 0 Å². The molecule has 1 aromatic rings. The summed E-state index contributed by atoms with van der Waals surface area (Å²) in [6.07, 6.45) is 6.66. The van der Waals surface area contributed by atoms with Gasteiger partial charge in [0.1, 0.15) is 0 Å². The lowest BCUT2D eigenvalue weighted by Gasteiger charge is -2.14. The largest absolute Gasteiger partial charge is 0.382 e. The van der Waals surface area contributed by atoms with Crippen LogP contribution in [0.15, 0.2) is 24.3 Å². The number of carbonyl (C=O) groups is 1. The molecule has 0 radical (unpaired) electrons. The van der Waals surface area contributed by atoms with Crippen molar-refractivity contribution >= 4 is 11.6 Å². The van der Waals surface area contributed by atoms with E-state index in [2.05, 4.69) is 16.6 Å². The molecular weight excluding hydrogens is 224 g/mol. The number of amides is 1. The molecule has 96 valence electrons. The van der Waals surface area contributed by atoms with Gasteiger partial charge in [0.05, 0.1) is 5.56 Å². The molecule has 3 nitrogen and oxygen atoms in total. The molecular formula is C15H20N2O. The van der Waals surface area contributed by atoms with Gasteiger partial charge in [-0.25, -0.2) is 0 Å². The Balaban J connectivity index is 2.64. The minimum Gasteiger partial charge on any atom is -0.382 e. The van der Waals surface area contributed by atoms with Crippen LogP contribution in [0.5, 0.6) is 0 Å². The molecule has 0 fully saturated rings. The van der Waals surface area contributed by atoms with Crippen LogP contribution >= 0.6 is 0 Å². The van der Waals surface area contributed by atoms with E-state index in [1.54, 1.807) is 0 Å². The molecule has 0 bridgehead atoms. The summed E-state index contributed by atoms with van der Waals surface area (Å²) in [6, 6.07) is 7.81. The third kappa shape index (κ3) is 4.50. The molecule has 2 N–H and O–H groups in total. The maximum atomic E-state index is 12.0. The van der Waals surface area contributed by atoms with E-state index in [1.807, 2.05) is 38.1 Å². The van der Waals surface area contributed by atoms with Gasteiger partial charge in [-0.05, 0) is 32.4 Å². The lowest BCUT2D eigenvalue weighted by atomic mass is 10.1. The third-order valence-electron chi connectivity index (χ3n) is 2.40. The van der Waals surface area contributed by atoms with Crippen LogP contribution in [-0.2, 0) is 0 Å². The molecule has 0 heterocycles. The van der Waals surface area contributed by atoms with Crippen molar-refractivity contribution in [2.45, 2.75) is 32.7 Å². The van der Waals surface area contributed by atoms with Crippen molar-refractivity contribution in [3.05, 3.63) is 29.8 Å². The number of benzene rings is 1. The number of para-hydroxylation sites is 1. The Morgan fingerprint density at radius 1 is 1.39 bits per heavy atom. The van der Waals surface area contributed by atoms with Crippen LogP contribution in [0, 0.1) is 12.3 Å². The summed E-state index contributed by atoms with van der Waals surface area (Å²) in [4.78, 5) is 12.0. The van der Waals surface area contributed by atoms with Gasteiger partial charge in [-0.3, -0.25) is 4.79 Å². The fourth-order valence-electron chi connectivity index (χ4n) is 1.61. The van der Waals surface area contributed by atoms with Gasteiger partial charge in [0.2, 0.25) is 0 Å². The molecule has 0 saturated heterocycles. The minimum absolute atomic E-state index is 0.0595. The predicted molar refractivity (Wildman–Crippen MR) is 75.6 cm³/mol. The molecule has 1 amide bonds. The Morgan fingerprint density at radius 3 is 2.78 bits per heavy atom.